The van der Waals surface area contributed by atoms with Gasteiger partial charge in [-0.15, -0.1) is 12.4 Å². The van der Waals surface area contributed by atoms with Crippen molar-refractivity contribution in [1.29, 1.82) is 0 Å². The van der Waals surface area contributed by atoms with E-state index in [1.54, 1.807) is 38.3 Å². The molecule has 0 aliphatic carbocycles. The lowest BCUT2D eigenvalue weighted by molar-refractivity contribution is -0.123. The van der Waals surface area contributed by atoms with Gasteiger partial charge in [-0.05, 0) is 24.6 Å². The number of imide groups is 1. The van der Waals surface area contributed by atoms with E-state index in [2.05, 4.69) is 21.3 Å². The van der Waals surface area contributed by atoms with Crippen LogP contribution in [0, 0.1) is 0 Å². The first-order valence-corrected chi connectivity index (χ1v) is 7.19. The summed E-state index contributed by atoms with van der Waals surface area (Å²) in [5.41, 5.74) is -0.00338. The number of nitrogens with one attached hydrogen (secondary N) is 4. The van der Waals surface area contributed by atoms with Crippen LogP contribution in [0.3, 0.4) is 0 Å². The molecule has 4 N–H and O–H groups in total. The summed E-state index contributed by atoms with van der Waals surface area (Å²) in [5.74, 6) is -0.629. The third-order valence-electron chi connectivity index (χ3n) is 3.54. The van der Waals surface area contributed by atoms with Crippen LogP contribution in [0.5, 0.6) is 0 Å². The van der Waals surface area contributed by atoms with Crippen molar-refractivity contribution in [2.75, 3.05) is 32.1 Å². The van der Waals surface area contributed by atoms with Crippen molar-refractivity contribution in [2.45, 2.75) is 12.5 Å². The predicted molar refractivity (Wildman–Crippen MR) is 91.1 cm³/mol. The second-order valence-electron chi connectivity index (χ2n) is 5.33. The predicted octanol–water partition coefficient (Wildman–Crippen LogP) is 0.338. The molecule has 1 aromatic rings. The number of methoxy groups -OCH3 is 1. The summed E-state index contributed by atoms with van der Waals surface area (Å²) in [6.45, 7) is 2.87. The highest BCUT2D eigenvalue weighted by molar-refractivity contribution is 6.07. The van der Waals surface area contributed by atoms with Gasteiger partial charge in [0.1, 0.15) is 5.54 Å². The van der Waals surface area contributed by atoms with Gasteiger partial charge >= 0.3 is 6.03 Å². The minimum Gasteiger partial charge on any atom is -0.383 e. The number of anilines is 1. The second kappa shape index (κ2) is 8.62. The average molecular weight is 357 g/mol. The maximum atomic E-state index is 11.9. The number of amides is 4. The number of carbonyl (C=O) groups excluding carboxylic acids is 3. The van der Waals surface area contributed by atoms with Gasteiger partial charge in [0.2, 0.25) is 5.91 Å². The Labute approximate surface area is 146 Å². The van der Waals surface area contributed by atoms with E-state index in [4.69, 9.17) is 4.74 Å². The Kier molecular flexibility index (Phi) is 7.15. The van der Waals surface area contributed by atoms with Crippen LogP contribution < -0.4 is 21.3 Å². The summed E-state index contributed by atoms with van der Waals surface area (Å²) in [6.07, 6.45) is 0. The molecule has 1 aromatic carbocycles. The highest BCUT2D eigenvalue weighted by Gasteiger charge is 2.43. The minimum atomic E-state index is -1.14. The van der Waals surface area contributed by atoms with Gasteiger partial charge in [0.05, 0.1) is 13.2 Å². The molecule has 1 unspecified atom stereocenters. The maximum absolute atomic E-state index is 11.9. The minimum absolute atomic E-state index is 0. The van der Waals surface area contributed by atoms with Crippen LogP contribution >= 0.6 is 12.4 Å². The first-order chi connectivity index (χ1) is 11.0. The molecule has 1 aliphatic rings. The van der Waals surface area contributed by atoms with Crippen LogP contribution in [0.2, 0.25) is 0 Å². The molecule has 0 radical (unpaired) electrons. The van der Waals surface area contributed by atoms with Gasteiger partial charge in [-0.1, -0.05) is 12.1 Å². The Morgan fingerprint density at radius 1 is 1.33 bits per heavy atom. The van der Waals surface area contributed by atoms with E-state index in [0.717, 1.165) is 0 Å². The normalized spacial score (nSPS) is 19.2. The molecule has 1 aliphatic heterocycles. The number of carbonyl (C=O) groups is 3. The molecular weight excluding hydrogens is 336 g/mol. The smallest absolute Gasteiger partial charge is 0.322 e. The highest BCUT2D eigenvalue weighted by Crippen LogP contribution is 2.26. The molecule has 132 valence electrons. The van der Waals surface area contributed by atoms with E-state index in [1.807, 2.05) is 0 Å². The summed E-state index contributed by atoms with van der Waals surface area (Å²) in [6, 6.07) is 6.28. The fraction of sp³-hybridized carbons (Fsp3) is 0.400. The largest absolute Gasteiger partial charge is 0.383 e. The number of benzene rings is 1. The topological polar surface area (TPSA) is 109 Å². The van der Waals surface area contributed by atoms with Crippen LogP contribution in [0.1, 0.15) is 12.5 Å². The molecule has 0 saturated carbocycles. The van der Waals surface area contributed by atoms with Crippen molar-refractivity contribution in [2.24, 2.45) is 0 Å². The fourth-order valence-electron chi connectivity index (χ4n) is 2.24. The molecule has 1 saturated heterocycles. The van der Waals surface area contributed by atoms with Crippen molar-refractivity contribution in [1.82, 2.24) is 16.0 Å². The third kappa shape index (κ3) is 4.67. The zero-order valence-corrected chi connectivity index (χ0v) is 14.3. The molecule has 0 bridgehead atoms. The Morgan fingerprint density at radius 3 is 2.71 bits per heavy atom. The number of hydrogen-bond acceptors (Lipinski definition) is 5. The van der Waals surface area contributed by atoms with Crippen LogP contribution in [0.4, 0.5) is 10.5 Å². The number of hydrogen-bond donors (Lipinski definition) is 4. The van der Waals surface area contributed by atoms with Crippen LogP contribution in [0.15, 0.2) is 24.3 Å². The van der Waals surface area contributed by atoms with E-state index in [1.165, 1.54) is 0 Å². The van der Waals surface area contributed by atoms with Crippen molar-refractivity contribution in [3.05, 3.63) is 29.8 Å². The van der Waals surface area contributed by atoms with Gasteiger partial charge in [0, 0.05) is 19.3 Å². The lowest BCUT2D eigenvalue weighted by Crippen LogP contribution is -2.40. The van der Waals surface area contributed by atoms with Gasteiger partial charge in [0.25, 0.3) is 5.91 Å². The number of halogens is 1. The lowest BCUT2D eigenvalue weighted by Gasteiger charge is -2.21. The molecule has 8 nitrogen and oxygen atoms in total. The first-order valence-electron chi connectivity index (χ1n) is 7.19. The molecule has 0 aromatic heterocycles. The van der Waals surface area contributed by atoms with E-state index >= 15 is 0 Å². The van der Waals surface area contributed by atoms with Gasteiger partial charge in [-0.3, -0.25) is 14.9 Å². The SMILES string of the molecule is COCCNCC(=O)Nc1cccc(C2(C)NC(=O)NC2=O)c1.Cl. The quantitative estimate of drug-likeness (QED) is 0.416. The summed E-state index contributed by atoms with van der Waals surface area (Å²) >= 11 is 0. The van der Waals surface area contributed by atoms with Crippen molar-refractivity contribution in [3.63, 3.8) is 0 Å². The Hall–Kier alpha value is -2.16. The maximum Gasteiger partial charge on any atom is 0.322 e. The molecule has 9 heteroatoms. The molecule has 24 heavy (non-hydrogen) atoms. The zero-order chi connectivity index (χ0) is 16.9. The van der Waals surface area contributed by atoms with Gasteiger partial charge in [-0.2, -0.15) is 0 Å². The molecule has 1 atom stereocenters. The zero-order valence-electron chi connectivity index (χ0n) is 13.5. The number of rotatable bonds is 7. The van der Waals surface area contributed by atoms with E-state index < -0.39 is 17.5 Å². The monoisotopic (exact) mass is 356 g/mol. The molecule has 1 heterocycles. The van der Waals surface area contributed by atoms with Gasteiger partial charge in [-0.25, -0.2) is 4.79 Å². The molecule has 2 rings (SSSR count). The number of urea groups is 1. The fourth-order valence-corrected chi connectivity index (χ4v) is 2.24. The van der Waals surface area contributed by atoms with Crippen LogP contribution in [-0.4, -0.2) is 44.7 Å². The van der Waals surface area contributed by atoms with Crippen molar-refractivity contribution >= 4 is 35.9 Å². The third-order valence-corrected chi connectivity index (χ3v) is 3.54. The standard InChI is InChI=1S/C15H20N4O4.ClH/c1-15(13(21)18-14(22)19-15)10-4-3-5-11(8-10)17-12(20)9-16-6-7-23-2;/h3-5,8,16H,6-7,9H2,1-2H3,(H,17,20)(H2,18,19,21,22);1H. The number of ether oxygens (including phenoxy) is 1. The summed E-state index contributed by atoms with van der Waals surface area (Å²) in [7, 11) is 1.59. The van der Waals surface area contributed by atoms with Crippen LogP contribution in [0.25, 0.3) is 0 Å². The van der Waals surface area contributed by atoms with Crippen molar-refractivity contribution in [3.8, 4) is 0 Å². The lowest BCUT2D eigenvalue weighted by atomic mass is 9.92. The van der Waals surface area contributed by atoms with E-state index in [9.17, 15) is 14.4 Å². The highest BCUT2D eigenvalue weighted by atomic mass is 35.5. The van der Waals surface area contributed by atoms with Gasteiger partial charge < -0.3 is 20.7 Å². The first kappa shape index (κ1) is 19.9. The summed E-state index contributed by atoms with van der Waals surface area (Å²) in [4.78, 5) is 35.1. The average Bonchev–Trinajstić information content (AvgIpc) is 2.78. The molecule has 0 spiro atoms. The molecular formula is C15H21ClN4O4. The second-order valence-corrected chi connectivity index (χ2v) is 5.33. The Balaban J connectivity index is 0.00000288. The molecule has 4 amide bonds. The molecule has 1 fully saturated rings. The summed E-state index contributed by atoms with van der Waals surface area (Å²) in [5, 5.41) is 10.5. The Morgan fingerprint density at radius 2 is 2.08 bits per heavy atom. The summed E-state index contributed by atoms with van der Waals surface area (Å²) < 4.78 is 4.88. The van der Waals surface area contributed by atoms with E-state index in [0.29, 0.717) is 24.4 Å². The Bertz CT molecular complexity index is 625. The van der Waals surface area contributed by atoms with E-state index in [-0.39, 0.29) is 24.9 Å². The van der Waals surface area contributed by atoms with Crippen LogP contribution in [-0.2, 0) is 19.9 Å². The van der Waals surface area contributed by atoms with Gasteiger partial charge in [0.15, 0.2) is 0 Å². The van der Waals surface area contributed by atoms with Crippen molar-refractivity contribution < 1.29 is 19.1 Å².